The average Bonchev–Trinajstić information content (AvgIpc) is 2.37. The van der Waals surface area contributed by atoms with Gasteiger partial charge in [-0.05, 0) is 42.8 Å². The molecule has 0 aliphatic carbocycles. The summed E-state index contributed by atoms with van der Waals surface area (Å²) >= 11 is 5.89. The number of nitrogens with one attached hydrogen (secondary N) is 1. The maximum absolute atomic E-state index is 12.1. The van der Waals surface area contributed by atoms with Crippen LogP contribution in [-0.4, -0.2) is 22.1 Å². The van der Waals surface area contributed by atoms with E-state index in [0.717, 1.165) is 5.56 Å². The van der Waals surface area contributed by atoms with Crippen molar-refractivity contribution in [2.45, 2.75) is 6.92 Å². The fraction of sp³-hybridized carbons (Fsp3) is 0.0667. The van der Waals surface area contributed by atoms with E-state index in [4.69, 9.17) is 16.7 Å². The molecule has 21 heavy (non-hydrogen) atoms. The van der Waals surface area contributed by atoms with E-state index in [-0.39, 0.29) is 5.56 Å². The number of anilines is 1. The highest BCUT2D eigenvalue weighted by Crippen LogP contribution is 2.23. The van der Waals surface area contributed by atoms with Crippen molar-refractivity contribution in [3.63, 3.8) is 0 Å². The number of phenols is 1. The number of carbonyl (C=O) groups excluding carboxylic acids is 1. The maximum atomic E-state index is 12.1. The van der Waals surface area contributed by atoms with Crippen LogP contribution in [-0.2, 0) is 0 Å². The van der Waals surface area contributed by atoms with Crippen molar-refractivity contribution in [3.05, 3.63) is 58.1 Å². The van der Waals surface area contributed by atoms with Crippen molar-refractivity contribution in [1.29, 1.82) is 0 Å². The number of halogens is 1. The number of carboxylic acid groups (broad SMARTS) is 1. The van der Waals surface area contributed by atoms with Gasteiger partial charge in [0.25, 0.3) is 5.91 Å². The van der Waals surface area contributed by atoms with Crippen LogP contribution >= 0.6 is 11.6 Å². The second-order valence-electron chi connectivity index (χ2n) is 4.51. The lowest BCUT2D eigenvalue weighted by molar-refractivity contribution is 0.0693. The minimum atomic E-state index is -1.24. The molecular weight excluding hydrogens is 294 g/mol. The van der Waals surface area contributed by atoms with Crippen LogP contribution in [0.15, 0.2) is 36.4 Å². The highest BCUT2D eigenvalue weighted by Gasteiger charge is 2.12. The SMILES string of the molecule is Cc1cc(Cl)cc(C(=O)Nc2ccc(C(=O)O)c(O)c2)c1. The molecule has 0 fully saturated rings. The van der Waals surface area contributed by atoms with Crippen molar-refractivity contribution < 1.29 is 19.8 Å². The molecule has 2 aromatic carbocycles. The summed E-state index contributed by atoms with van der Waals surface area (Å²) in [5, 5.41) is 21.4. The highest BCUT2D eigenvalue weighted by atomic mass is 35.5. The molecule has 1 amide bonds. The third-order valence-electron chi connectivity index (χ3n) is 2.79. The monoisotopic (exact) mass is 305 g/mol. The molecule has 5 nitrogen and oxygen atoms in total. The van der Waals surface area contributed by atoms with E-state index in [1.807, 2.05) is 6.92 Å². The van der Waals surface area contributed by atoms with Gasteiger partial charge in [0.15, 0.2) is 0 Å². The first-order chi connectivity index (χ1) is 9.86. The number of aromatic carboxylic acids is 1. The van der Waals surface area contributed by atoms with E-state index in [1.54, 1.807) is 12.1 Å². The first-order valence-electron chi connectivity index (χ1n) is 6.01. The van der Waals surface area contributed by atoms with Gasteiger partial charge < -0.3 is 15.5 Å². The Balaban J connectivity index is 2.23. The smallest absolute Gasteiger partial charge is 0.339 e. The molecule has 0 aromatic heterocycles. The molecule has 0 aliphatic rings. The summed E-state index contributed by atoms with van der Waals surface area (Å²) in [6.07, 6.45) is 0. The number of carboxylic acids is 1. The fourth-order valence-electron chi connectivity index (χ4n) is 1.86. The summed E-state index contributed by atoms with van der Waals surface area (Å²) in [5.41, 5.74) is 1.28. The lowest BCUT2D eigenvalue weighted by Crippen LogP contribution is -2.12. The van der Waals surface area contributed by atoms with Gasteiger partial charge in [-0.1, -0.05) is 11.6 Å². The van der Waals surface area contributed by atoms with E-state index < -0.39 is 17.6 Å². The Kier molecular flexibility index (Phi) is 4.14. The van der Waals surface area contributed by atoms with Crippen LogP contribution < -0.4 is 5.32 Å². The van der Waals surface area contributed by atoms with Crippen LogP contribution in [0.25, 0.3) is 0 Å². The number of carbonyl (C=O) groups is 2. The molecule has 6 heteroatoms. The van der Waals surface area contributed by atoms with E-state index in [2.05, 4.69) is 5.32 Å². The largest absolute Gasteiger partial charge is 0.507 e. The zero-order valence-electron chi connectivity index (χ0n) is 11.1. The standard InChI is InChI=1S/C15H12ClNO4/c1-8-4-9(6-10(16)5-8)14(19)17-11-2-3-12(15(20)21)13(18)7-11/h2-7,18H,1H3,(H,17,19)(H,20,21). The van der Waals surface area contributed by atoms with Crippen molar-refractivity contribution in [2.24, 2.45) is 0 Å². The second-order valence-corrected chi connectivity index (χ2v) is 4.94. The van der Waals surface area contributed by atoms with Gasteiger partial charge in [0, 0.05) is 22.3 Å². The third-order valence-corrected chi connectivity index (χ3v) is 3.01. The minimum absolute atomic E-state index is 0.230. The lowest BCUT2D eigenvalue weighted by Gasteiger charge is -2.08. The van der Waals surface area contributed by atoms with E-state index in [9.17, 15) is 14.7 Å². The summed E-state index contributed by atoms with van der Waals surface area (Å²) in [5.74, 6) is -2.05. The lowest BCUT2D eigenvalue weighted by atomic mass is 10.1. The van der Waals surface area contributed by atoms with Gasteiger partial charge >= 0.3 is 5.97 Å². The van der Waals surface area contributed by atoms with Crippen LogP contribution in [0, 0.1) is 6.92 Å². The van der Waals surface area contributed by atoms with Crippen LogP contribution in [0.3, 0.4) is 0 Å². The maximum Gasteiger partial charge on any atom is 0.339 e. The van der Waals surface area contributed by atoms with Gasteiger partial charge in [-0.2, -0.15) is 0 Å². The molecule has 0 saturated carbocycles. The second kappa shape index (κ2) is 5.85. The first kappa shape index (κ1) is 14.9. The molecule has 2 aromatic rings. The molecule has 3 N–H and O–H groups in total. The fourth-order valence-corrected chi connectivity index (χ4v) is 2.15. The van der Waals surface area contributed by atoms with Gasteiger partial charge in [-0.3, -0.25) is 4.79 Å². The van der Waals surface area contributed by atoms with Crippen LogP contribution in [0.2, 0.25) is 5.02 Å². The van der Waals surface area contributed by atoms with Gasteiger partial charge in [0.05, 0.1) is 0 Å². The number of benzene rings is 2. The van der Waals surface area contributed by atoms with Crippen molar-refractivity contribution in [2.75, 3.05) is 5.32 Å². The first-order valence-corrected chi connectivity index (χ1v) is 6.39. The topological polar surface area (TPSA) is 86.6 Å². The molecular formula is C15H12ClNO4. The van der Waals surface area contributed by atoms with Crippen LogP contribution in [0.5, 0.6) is 5.75 Å². The number of rotatable bonds is 3. The van der Waals surface area contributed by atoms with Crippen molar-refractivity contribution in [3.8, 4) is 5.75 Å². The number of aryl methyl sites for hydroxylation is 1. The van der Waals surface area contributed by atoms with Crippen LogP contribution in [0.1, 0.15) is 26.3 Å². The summed E-state index contributed by atoms with van der Waals surface area (Å²) in [7, 11) is 0. The molecule has 0 heterocycles. The average molecular weight is 306 g/mol. The summed E-state index contributed by atoms with van der Waals surface area (Å²) < 4.78 is 0. The molecule has 0 radical (unpaired) electrons. The minimum Gasteiger partial charge on any atom is -0.507 e. The summed E-state index contributed by atoms with van der Waals surface area (Å²) in [4.78, 5) is 22.9. The quantitative estimate of drug-likeness (QED) is 0.812. The molecule has 0 saturated heterocycles. The zero-order chi connectivity index (χ0) is 15.6. The Morgan fingerprint density at radius 2 is 1.86 bits per heavy atom. The normalized spacial score (nSPS) is 10.2. The Bertz CT molecular complexity index is 707. The van der Waals surface area contributed by atoms with Gasteiger partial charge in [-0.15, -0.1) is 0 Å². The third kappa shape index (κ3) is 3.52. The Morgan fingerprint density at radius 3 is 2.43 bits per heavy atom. The van der Waals surface area contributed by atoms with Crippen LogP contribution in [0.4, 0.5) is 5.69 Å². The van der Waals surface area contributed by atoms with Crippen molar-refractivity contribution >= 4 is 29.2 Å². The van der Waals surface area contributed by atoms with Gasteiger partial charge in [0.2, 0.25) is 0 Å². The molecule has 0 spiro atoms. The zero-order valence-corrected chi connectivity index (χ0v) is 11.8. The molecule has 0 bridgehead atoms. The Labute approximate surface area is 125 Å². The Morgan fingerprint density at radius 1 is 1.14 bits per heavy atom. The number of hydrogen-bond acceptors (Lipinski definition) is 3. The number of hydrogen-bond donors (Lipinski definition) is 3. The number of aromatic hydroxyl groups is 1. The van der Waals surface area contributed by atoms with E-state index in [1.165, 1.54) is 24.3 Å². The molecule has 0 atom stereocenters. The van der Waals surface area contributed by atoms with Gasteiger partial charge in [0.1, 0.15) is 11.3 Å². The molecule has 2 rings (SSSR count). The molecule has 108 valence electrons. The van der Waals surface area contributed by atoms with E-state index in [0.29, 0.717) is 16.3 Å². The summed E-state index contributed by atoms with van der Waals surface area (Å²) in [6.45, 7) is 1.82. The predicted octanol–water partition coefficient (Wildman–Crippen LogP) is 3.30. The number of amides is 1. The van der Waals surface area contributed by atoms with Gasteiger partial charge in [-0.25, -0.2) is 4.79 Å². The Hall–Kier alpha value is -2.53. The highest BCUT2D eigenvalue weighted by molar-refractivity contribution is 6.31. The van der Waals surface area contributed by atoms with Crippen molar-refractivity contribution in [1.82, 2.24) is 0 Å². The van der Waals surface area contributed by atoms with E-state index >= 15 is 0 Å². The summed E-state index contributed by atoms with van der Waals surface area (Å²) in [6, 6.07) is 8.72. The molecule has 0 unspecified atom stereocenters. The predicted molar refractivity (Wildman–Crippen MR) is 79.2 cm³/mol. The molecule has 0 aliphatic heterocycles.